The third-order valence-electron chi connectivity index (χ3n) is 6.53. The lowest BCUT2D eigenvalue weighted by molar-refractivity contribution is -0.140. The van der Waals surface area contributed by atoms with E-state index in [0.717, 1.165) is 4.31 Å². The van der Waals surface area contributed by atoms with Gasteiger partial charge in [0.05, 0.1) is 15.6 Å². The smallest absolute Gasteiger partial charge is 0.264 e. The Hall–Kier alpha value is -2.49. The van der Waals surface area contributed by atoms with Gasteiger partial charge in [-0.25, -0.2) is 8.42 Å². The molecule has 0 heterocycles. The number of amides is 2. The van der Waals surface area contributed by atoms with Crippen molar-refractivity contribution >= 4 is 73.9 Å². The Kier molecular flexibility index (Phi) is 11.8. The van der Waals surface area contributed by atoms with Crippen molar-refractivity contribution in [1.29, 1.82) is 0 Å². The van der Waals surface area contributed by atoms with Gasteiger partial charge in [-0.05, 0) is 67.8 Å². The van der Waals surface area contributed by atoms with E-state index < -0.39 is 28.5 Å². The Morgan fingerprint density at radius 2 is 1.46 bits per heavy atom. The molecule has 12 heteroatoms. The van der Waals surface area contributed by atoms with Crippen LogP contribution in [0.1, 0.15) is 39.2 Å². The number of anilines is 1. The van der Waals surface area contributed by atoms with E-state index in [1.165, 1.54) is 35.2 Å². The minimum atomic E-state index is -4.27. The van der Waals surface area contributed by atoms with Gasteiger partial charge in [-0.2, -0.15) is 0 Å². The van der Waals surface area contributed by atoms with E-state index in [1.807, 2.05) is 13.8 Å². The second kappa shape index (κ2) is 14.6. The monoisotopic (exact) mass is 657 g/mol. The van der Waals surface area contributed by atoms with Crippen molar-refractivity contribution in [2.45, 2.75) is 57.1 Å². The Labute approximate surface area is 261 Å². The van der Waals surface area contributed by atoms with Crippen molar-refractivity contribution in [2.75, 3.05) is 10.8 Å². The molecular formula is C29H31Cl4N3O4S. The molecule has 220 valence electrons. The van der Waals surface area contributed by atoms with Crippen LogP contribution in [-0.2, 0) is 26.2 Å². The molecule has 0 aromatic heterocycles. The summed E-state index contributed by atoms with van der Waals surface area (Å²) in [5, 5.41) is 3.99. The van der Waals surface area contributed by atoms with Crippen molar-refractivity contribution < 1.29 is 18.0 Å². The summed E-state index contributed by atoms with van der Waals surface area (Å²) >= 11 is 25.0. The van der Waals surface area contributed by atoms with Crippen molar-refractivity contribution in [3.63, 3.8) is 0 Å². The highest BCUT2D eigenvalue weighted by Gasteiger charge is 2.35. The molecule has 0 spiro atoms. The minimum Gasteiger partial charge on any atom is -0.352 e. The highest BCUT2D eigenvalue weighted by molar-refractivity contribution is 7.92. The zero-order valence-corrected chi connectivity index (χ0v) is 26.6. The van der Waals surface area contributed by atoms with Crippen molar-refractivity contribution in [1.82, 2.24) is 10.2 Å². The Balaban J connectivity index is 2.11. The first-order valence-corrected chi connectivity index (χ1v) is 15.9. The number of nitrogens with zero attached hydrogens (tertiary/aromatic N) is 2. The molecule has 0 aliphatic rings. The number of carbonyl (C=O) groups excluding carboxylic acids is 2. The van der Waals surface area contributed by atoms with Gasteiger partial charge >= 0.3 is 0 Å². The lowest BCUT2D eigenvalue weighted by Gasteiger charge is -2.34. The van der Waals surface area contributed by atoms with Crippen LogP contribution in [0.3, 0.4) is 0 Å². The number of halogens is 4. The number of nitrogens with one attached hydrogen (secondary N) is 1. The van der Waals surface area contributed by atoms with Gasteiger partial charge in [-0.1, -0.05) is 84.5 Å². The summed E-state index contributed by atoms with van der Waals surface area (Å²) in [4.78, 5) is 28.8. The zero-order chi connectivity index (χ0) is 30.3. The quantitative estimate of drug-likeness (QED) is 0.223. The fraction of sp³-hybridized carbons (Fsp3) is 0.310. The fourth-order valence-corrected chi connectivity index (χ4v) is 6.59. The molecule has 0 saturated carbocycles. The van der Waals surface area contributed by atoms with Crippen LogP contribution in [-0.4, -0.2) is 43.8 Å². The fourth-order valence-electron chi connectivity index (χ4n) is 4.11. The zero-order valence-electron chi connectivity index (χ0n) is 22.8. The number of carbonyl (C=O) groups is 2. The largest absolute Gasteiger partial charge is 0.352 e. The Morgan fingerprint density at radius 3 is 2.02 bits per heavy atom. The SMILES string of the molecule is CC[C@@H](C)NC(=O)[C@H](CC)N(Cc1ccc(Cl)cc1Cl)C(=O)CN(c1ccc(Cl)cc1Cl)S(=O)(=O)c1ccccc1. The molecule has 3 aromatic carbocycles. The average Bonchev–Trinajstić information content (AvgIpc) is 2.93. The average molecular weight is 659 g/mol. The molecule has 2 atom stereocenters. The lowest BCUT2D eigenvalue weighted by atomic mass is 10.1. The number of hydrogen-bond donors (Lipinski definition) is 1. The van der Waals surface area contributed by atoms with Gasteiger partial charge < -0.3 is 10.2 Å². The molecule has 0 bridgehead atoms. The van der Waals surface area contributed by atoms with E-state index in [1.54, 1.807) is 43.3 Å². The molecule has 0 fully saturated rings. The van der Waals surface area contributed by atoms with E-state index >= 15 is 0 Å². The van der Waals surface area contributed by atoms with Crippen LogP contribution >= 0.6 is 46.4 Å². The van der Waals surface area contributed by atoms with Gasteiger partial charge in [-0.3, -0.25) is 13.9 Å². The van der Waals surface area contributed by atoms with E-state index in [2.05, 4.69) is 5.32 Å². The van der Waals surface area contributed by atoms with Gasteiger partial charge in [-0.15, -0.1) is 0 Å². The van der Waals surface area contributed by atoms with Gasteiger partial charge in [0.1, 0.15) is 12.6 Å². The topological polar surface area (TPSA) is 86.8 Å². The highest BCUT2D eigenvalue weighted by Crippen LogP contribution is 2.33. The highest BCUT2D eigenvalue weighted by atomic mass is 35.5. The third kappa shape index (κ3) is 8.30. The lowest BCUT2D eigenvalue weighted by Crippen LogP contribution is -2.53. The summed E-state index contributed by atoms with van der Waals surface area (Å²) in [6.07, 6.45) is 0.962. The standard InChI is InChI=1S/C29H31Cl4N3O4S/c1-4-19(3)34-29(38)26(5-2)35(17-20-11-12-21(30)15-24(20)32)28(37)18-36(27-14-13-22(31)16-25(27)33)41(39,40)23-9-7-6-8-10-23/h6-16,19,26H,4-5,17-18H2,1-3H3,(H,34,38)/t19-,26+/m1/s1. The number of rotatable bonds is 12. The molecule has 0 aliphatic heterocycles. The van der Waals surface area contributed by atoms with Crippen LogP contribution in [0, 0.1) is 0 Å². The van der Waals surface area contributed by atoms with Crippen LogP contribution in [0.5, 0.6) is 0 Å². The molecule has 0 radical (unpaired) electrons. The molecule has 0 unspecified atom stereocenters. The molecule has 0 aliphatic carbocycles. The van der Waals surface area contributed by atoms with Crippen LogP contribution in [0.4, 0.5) is 5.69 Å². The second-order valence-electron chi connectivity index (χ2n) is 9.42. The maximum absolute atomic E-state index is 14.1. The summed E-state index contributed by atoms with van der Waals surface area (Å²) in [6, 6.07) is 15.8. The normalized spacial score (nSPS) is 12.9. The van der Waals surface area contributed by atoms with Crippen LogP contribution in [0.2, 0.25) is 20.1 Å². The molecule has 41 heavy (non-hydrogen) atoms. The molecule has 3 rings (SSSR count). The first kappa shape index (κ1) is 33.0. The first-order chi connectivity index (χ1) is 19.4. The van der Waals surface area contributed by atoms with Gasteiger partial charge in [0, 0.05) is 27.7 Å². The molecule has 0 saturated heterocycles. The maximum atomic E-state index is 14.1. The Morgan fingerprint density at radius 1 is 0.854 bits per heavy atom. The van der Waals surface area contributed by atoms with Crippen LogP contribution in [0.15, 0.2) is 71.6 Å². The van der Waals surface area contributed by atoms with E-state index in [9.17, 15) is 18.0 Å². The number of hydrogen-bond acceptors (Lipinski definition) is 4. The number of sulfonamides is 1. The molecule has 2 amide bonds. The van der Waals surface area contributed by atoms with Crippen LogP contribution < -0.4 is 9.62 Å². The van der Waals surface area contributed by atoms with Crippen molar-refractivity contribution in [3.05, 3.63) is 92.4 Å². The minimum absolute atomic E-state index is 0.0346. The summed E-state index contributed by atoms with van der Waals surface area (Å²) < 4.78 is 28.7. The first-order valence-electron chi connectivity index (χ1n) is 13.0. The van der Waals surface area contributed by atoms with E-state index in [0.29, 0.717) is 27.1 Å². The molecule has 1 N–H and O–H groups in total. The summed E-state index contributed by atoms with van der Waals surface area (Å²) in [5.41, 5.74) is 0.607. The molecule has 7 nitrogen and oxygen atoms in total. The van der Waals surface area contributed by atoms with Crippen LogP contribution in [0.25, 0.3) is 0 Å². The predicted molar refractivity (Wildman–Crippen MR) is 166 cm³/mol. The summed E-state index contributed by atoms with van der Waals surface area (Å²) in [5.74, 6) is -0.991. The summed E-state index contributed by atoms with van der Waals surface area (Å²) in [6.45, 7) is 4.87. The van der Waals surface area contributed by atoms with Gasteiger partial charge in [0.2, 0.25) is 11.8 Å². The van der Waals surface area contributed by atoms with Crippen molar-refractivity contribution in [2.24, 2.45) is 0 Å². The molecular weight excluding hydrogens is 628 g/mol. The van der Waals surface area contributed by atoms with Crippen molar-refractivity contribution in [3.8, 4) is 0 Å². The summed E-state index contributed by atoms with van der Waals surface area (Å²) in [7, 11) is -4.27. The van der Waals surface area contributed by atoms with Gasteiger partial charge in [0.15, 0.2) is 0 Å². The van der Waals surface area contributed by atoms with E-state index in [4.69, 9.17) is 46.4 Å². The van der Waals surface area contributed by atoms with E-state index in [-0.39, 0.29) is 40.5 Å². The Bertz CT molecular complexity index is 1490. The third-order valence-corrected chi connectivity index (χ3v) is 9.43. The van der Waals surface area contributed by atoms with Gasteiger partial charge in [0.25, 0.3) is 10.0 Å². The predicted octanol–water partition coefficient (Wildman–Crippen LogP) is 7.22. The maximum Gasteiger partial charge on any atom is 0.264 e. The second-order valence-corrected chi connectivity index (χ2v) is 13.0. The molecule has 3 aromatic rings. The number of benzene rings is 3.